The van der Waals surface area contributed by atoms with E-state index < -0.39 is 23.0 Å². The molecule has 4 N–H and O–H groups in total. The van der Waals surface area contributed by atoms with Gasteiger partial charge in [-0.1, -0.05) is 98.5 Å². The summed E-state index contributed by atoms with van der Waals surface area (Å²) in [6.07, 6.45) is 11.0. The topological polar surface area (TPSA) is 105 Å². The Morgan fingerprint density at radius 1 is 0.633 bits per heavy atom. The van der Waals surface area contributed by atoms with Crippen LogP contribution < -0.4 is 10.6 Å². The lowest BCUT2D eigenvalue weighted by atomic mass is 9.79. The summed E-state index contributed by atoms with van der Waals surface area (Å²) in [6.45, 7) is 7.31. The Bertz CT molecular complexity index is 1680. The van der Waals surface area contributed by atoms with Crippen molar-refractivity contribution in [2.24, 2.45) is 11.8 Å². The molecule has 2 saturated carbocycles. The van der Waals surface area contributed by atoms with E-state index in [2.05, 4.69) is 20.4 Å². The molecule has 2 amide bonds. The average Bonchev–Trinajstić information content (AvgIpc) is 4.02. The van der Waals surface area contributed by atoms with Crippen LogP contribution in [0.1, 0.15) is 115 Å². The molecule has 2 aromatic carbocycles. The van der Waals surface area contributed by atoms with Crippen molar-refractivity contribution in [3.8, 4) is 0 Å². The molecule has 4 fully saturated rings. The van der Waals surface area contributed by atoms with Gasteiger partial charge < -0.3 is 30.6 Å². The first-order chi connectivity index (χ1) is 28.7. The van der Waals surface area contributed by atoms with Crippen molar-refractivity contribution in [2.45, 2.75) is 133 Å². The monoisotopic (exact) mass is 841 g/mol. The van der Waals surface area contributed by atoms with E-state index in [4.69, 9.17) is 0 Å². The molecule has 0 bridgehead atoms. The number of benzene rings is 2. The fraction of sp³-hybridized carbons (Fsp3) is 0.625. The molecule has 2 atom stereocenters. The molecule has 0 radical (unpaired) electrons. The zero-order valence-corrected chi connectivity index (χ0v) is 35.7. The van der Waals surface area contributed by atoms with Crippen LogP contribution in [0.3, 0.4) is 0 Å². The number of alkyl halides is 4. The predicted octanol–water partition coefficient (Wildman–Crippen LogP) is 8.49. The highest BCUT2D eigenvalue weighted by molar-refractivity contribution is 5.87. The number of rotatable bonds is 15. The van der Waals surface area contributed by atoms with Crippen LogP contribution in [-0.2, 0) is 20.8 Å². The summed E-state index contributed by atoms with van der Waals surface area (Å²) in [6, 6.07) is 18.7. The number of hydrogen-bond acceptors (Lipinski definition) is 6. The standard InChI is InChI=1S/C24H33F3N2O2.C24H35FN2O2/c1-18(24(25,26)27)8-7-15-29-16-13-21(14-17-29)28-22(30)23(31,20-11-5-6-12-20)19-9-3-2-4-10-19;1-19(18-25)8-7-15-27-16-13-22(14-17-27)26-23(28)24(29,21-11-5-6-12-21)20-9-3-2-4-10-20/h2-4,8-10,20-21,31H,5-7,11-17H2,1H3,(H,28,30);2-4,8-10,21-22,29H,5-7,11-18H2,1H3,(H,26,28)/b18-8-;19-8-. The van der Waals surface area contributed by atoms with E-state index in [1.807, 2.05) is 73.7 Å². The second-order valence-electron chi connectivity index (χ2n) is 17.6. The van der Waals surface area contributed by atoms with Gasteiger partial charge in [0.2, 0.25) is 0 Å². The fourth-order valence-corrected chi connectivity index (χ4v) is 9.50. The smallest absolute Gasteiger partial charge is 0.375 e. The van der Waals surface area contributed by atoms with Crippen molar-refractivity contribution >= 4 is 11.8 Å². The van der Waals surface area contributed by atoms with Crippen LogP contribution >= 0.6 is 0 Å². The van der Waals surface area contributed by atoms with Gasteiger partial charge in [0, 0.05) is 68.8 Å². The molecule has 2 unspecified atom stereocenters. The maximum Gasteiger partial charge on any atom is 0.412 e. The largest absolute Gasteiger partial charge is 0.412 e. The van der Waals surface area contributed by atoms with Crippen LogP contribution in [0.25, 0.3) is 0 Å². The van der Waals surface area contributed by atoms with E-state index in [-0.39, 0.29) is 42.4 Å². The summed E-state index contributed by atoms with van der Waals surface area (Å²) >= 11 is 0. The minimum atomic E-state index is -4.26. The molecule has 8 nitrogen and oxygen atoms in total. The normalized spacial score (nSPS) is 21.8. The summed E-state index contributed by atoms with van der Waals surface area (Å²) in [5, 5.41) is 29.3. The Balaban J connectivity index is 0.000000228. The summed E-state index contributed by atoms with van der Waals surface area (Å²) in [4.78, 5) is 31.0. The van der Waals surface area contributed by atoms with E-state index in [0.29, 0.717) is 24.1 Å². The van der Waals surface area contributed by atoms with E-state index in [9.17, 15) is 37.4 Å². The van der Waals surface area contributed by atoms with Gasteiger partial charge in [-0.2, -0.15) is 13.2 Å². The SMILES string of the molecule is C/C(=C/CCN1CCC(NC(=O)C(O)(c2ccccc2)C2CCCC2)CC1)C(F)(F)F.C/C(=C/CCN1CCC(NC(=O)C(O)(c2ccccc2)C2CCCC2)CC1)CF. The third-order valence-electron chi connectivity index (χ3n) is 13.3. The highest BCUT2D eigenvalue weighted by atomic mass is 19.4. The lowest BCUT2D eigenvalue weighted by Crippen LogP contribution is -2.54. The molecule has 2 heterocycles. The molecule has 60 heavy (non-hydrogen) atoms. The van der Waals surface area contributed by atoms with Crippen LogP contribution in [0.4, 0.5) is 17.6 Å². The molecule has 4 aliphatic rings. The van der Waals surface area contributed by atoms with Gasteiger partial charge in [0.05, 0.1) is 0 Å². The van der Waals surface area contributed by atoms with Crippen molar-refractivity contribution in [3.63, 3.8) is 0 Å². The minimum absolute atomic E-state index is 0.0180. The number of aliphatic hydroxyl groups is 2. The molecule has 2 aliphatic heterocycles. The molecular weight excluding hydrogens is 773 g/mol. The van der Waals surface area contributed by atoms with Gasteiger partial charge in [-0.3, -0.25) is 9.59 Å². The number of allylic oxidation sites excluding steroid dienone is 2. The molecule has 0 aromatic heterocycles. The lowest BCUT2D eigenvalue weighted by Gasteiger charge is -2.37. The summed E-state index contributed by atoms with van der Waals surface area (Å²) in [7, 11) is 0. The number of likely N-dealkylation sites (tertiary alicyclic amines) is 2. The molecule has 2 aromatic rings. The highest BCUT2D eigenvalue weighted by Gasteiger charge is 2.48. The number of amides is 2. The zero-order chi connectivity index (χ0) is 43.2. The fourth-order valence-electron chi connectivity index (χ4n) is 9.50. The molecule has 12 heteroatoms. The average molecular weight is 841 g/mol. The van der Waals surface area contributed by atoms with Crippen LogP contribution in [-0.4, -0.2) is 96.0 Å². The molecule has 2 aliphatic carbocycles. The van der Waals surface area contributed by atoms with Crippen molar-refractivity contribution in [1.29, 1.82) is 0 Å². The van der Waals surface area contributed by atoms with E-state index in [1.165, 1.54) is 6.08 Å². The first kappa shape index (κ1) is 47.5. The number of nitrogens with zero attached hydrogens (tertiary/aromatic N) is 2. The second kappa shape index (κ2) is 22.5. The number of carbonyl (C=O) groups is 2. The molecule has 2 saturated heterocycles. The van der Waals surface area contributed by atoms with E-state index >= 15 is 0 Å². The van der Waals surface area contributed by atoms with Gasteiger partial charge in [-0.05, 0) is 94.8 Å². The third kappa shape index (κ3) is 12.7. The highest BCUT2D eigenvalue weighted by Crippen LogP contribution is 2.42. The minimum Gasteiger partial charge on any atom is -0.375 e. The third-order valence-corrected chi connectivity index (χ3v) is 13.3. The van der Waals surface area contributed by atoms with Crippen LogP contribution in [0.5, 0.6) is 0 Å². The van der Waals surface area contributed by atoms with E-state index in [0.717, 1.165) is 129 Å². The van der Waals surface area contributed by atoms with Gasteiger partial charge in [0.15, 0.2) is 11.2 Å². The summed E-state index contributed by atoms with van der Waals surface area (Å²) in [5.41, 5.74) is -1.38. The van der Waals surface area contributed by atoms with Gasteiger partial charge >= 0.3 is 6.18 Å². The Labute approximate surface area is 354 Å². The van der Waals surface area contributed by atoms with Crippen molar-refractivity contribution in [1.82, 2.24) is 20.4 Å². The zero-order valence-electron chi connectivity index (χ0n) is 35.7. The van der Waals surface area contributed by atoms with Gasteiger partial charge in [0.1, 0.15) is 6.67 Å². The molecule has 0 spiro atoms. The van der Waals surface area contributed by atoms with Gasteiger partial charge in [-0.15, -0.1) is 0 Å². The number of hydrogen-bond donors (Lipinski definition) is 4. The number of piperidine rings is 2. The Morgan fingerprint density at radius 2 is 1.00 bits per heavy atom. The molecular formula is C48H68F4N4O4. The Hall–Kier alpha value is -3.58. The van der Waals surface area contributed by atoms with Gasteiger partial charge in [-0.25, -0.2) is 4.39 Å². The summed E-state index contributed by atoms with van der Waals surface area (Å²) < 4.78 is 50.2. The summed E-state index contributed by atoms with van der Waals surface area (Å²) in [5.74, 6) is -0.669. The number of halogens is 4. The van der Waals surface area contributed by atoms with Gasteiger partial charge in [0.25, 0.3) is 11.8 Å². The van der Waals surface area contributed by atoms with Crippen molar-refractivity contribution in [3.05, 3.63) is 95.1 Å². The molecule has 332 valence electrons. The van der Waals surface area contributed by atoms with Crippen LogP contribution in [0.2, 0.25) is 0 Å². The van der Waals surface area contributed by atoms with Crippen molar-refractivity contribution < 1.29 is 37.4 Å². The Kier molecular flexibility index (Phi) is 17.8. The number of nitrogens with one attached hydrogen (secondary N) is 2. The first-order valence-corrected chi connectivity index (χ1v) is 22.3. The second-order valence-corrected chi connectivity index (χ2v) is 17.6. The number of carbonyl (C=O) groups excluding carboxylic acids is 2. The molecule has 6 rings (SSSR count). The Morgan fingerprint density at radius 3 is 1.35 bits per heavy atom. The quantitative estimate of drug-likeness (QED) is 0.106. The maximum atomic E-state index is 13.3. The lowest BCUT2D eigenvalue weighted by molar-refractivity contribution is -0.149. The van der Waals surface area contributed by atoms with Crippen molar-refractivity contribution in [2.75, 3.05) is 45.9 Å². The van der Waals surface area contributed by atoms with E-state index in [1.54, 1.807) is 0 Å². The van der Waals surface area contributed by atoms with Crippen LogP contribution in [0.15, 0.2) is 84.0 Å². The maximum absolute atomic E-state index is 13.3. The van der Waals surface area contributed by atoms with Crippen LogP contribution in [0, 0.1) is 11.8 Å². The predicted molar refractivity (Wildman–Crippen MR) is 229 cm³/mol. The first-order valence-electron chi connectivity index (χ1n) is 22.3.